The van der Waals surface area contributed by atoms with Crippen LogP contribution in [0.2, 0.25) is 0 Å². The molecule has 0 heterocycles. The highest BCUT2D eigenvalue weighted by molar-refractivity contribution is 5.78. The molecule has 0 aliphatic heterocycles. The lowest BCUT2D eigenvalue weighted by Gasteiger charge is -2.14. The van der Waals surface area contributed by atoms with Crippen LogP contribution in [0.1, 0.15) is 34.3 Å². The van der Waals surface area contributed by atoms with Crippen molar-refractivity contribution in [3.05, 3.63) is 71.0 Å². The molecule has 2 heteroatoms. The summed E-state index contributed by atoms with van der Waals surface area (Å²) in [7, 11) is 0. The molecule has 0 aromatic heterocycles. The summed E-state index contributed by atoms with van der Waals surface area (Å²) in [6, 6.07) is 14.0. The summed E-state index contributed by atoms with van der Waals surface area (Å²) in [5, 5.41) is 0. The van der Waals surface area contributed by atoms with Crippen molar-refractivity contribution in [2.45, 2.75) is 12.8 Å². The molecule has 2 aromatic carbocycles. The molecule has 1 atom stereocenters. The minimum atomic E-state index is -0.312. The Morgan fingerprint density at radius 1 is 1.12 bits per heavy atom. The summed E-state index contributed by atoms with van der Waals surface area (Å²) < 4.78 is 13.2. The van der Waals surface area contributed by atoms with Crippen LogP contribution in [0.4, 0.5) is 4.39 Å². The largest absolute Gasteiger partial charge is 0.298 e. The summed E-state index contributed by atoms with van der Waals surface area (Å²) in [6.45, 7) is 1.97. The first kappa shape index (κ1) is 11.5. The topological polar surface area (TPSA) is 17.1 Å². The second-order valence-electron chi connectivity index (χ2n) is 4.02. The first-order valence-electron chi connectivity index (χ1n) is 5.52. The van der Waals surface area contributed by atoms with Gasteiger partial charge in [-0.05, 0) is 29.3 Å². The zero-order valence-electron chi connectivity index (χ0n) is 9.56. The van der Waals surface area contributed by atoms with Crippen LogP contribution in [0.3, 0.4) is 0 Å². The highest BCUT2D eigenvalue weighted by Gasteiger charge is 2.13. The van der Waals surface area contributed by atoms with Crippen molar-refractivity contribution in [1.29, 1.82) is 0 Å². The third-order valence-electron chi connectivity index (χ3n) is 2.94. The Labute approximate surface area is 99.9 Å². The number of rotatable bonds is 3. The maximum atomic E-state index is 13.2. The van der Waals surface area contributed by atoms with Crippen LogP contribution in [-0.4, -0.2) is 6.29 Å². The number of aldehydes is 1. The van der Waals surface area contributed by atoms with E-state index in [-0.39, 0.29) is 11.7 Å². The van der Waals surface area contributed by atoms with E-state index in [2.05, 4.69) is 0 Å². The average molecular weight is 228 g/mol. The third kappa shape index (κ3) is 2.41. The van der Waals surface area contributed by atoms with Gasteiger partial charge in [0, 0.05) is 11.5 Å². The summed E-state index contributed by atoms with van der Waals surface area (Å²) in [4.78, 5) is 11.0. The number of hydrogen-bond acceptors (Lipinski definition) is 1. The van der Waals surface area contributed by atoms with Gasteiger partial charge in [-0.15, -0.1) is 0 Å². The molecule has 0 spiro atoms. The molecule has 0 fully saturated rings. The molecule has 0 bridgehead atoms. The molecule has 0 saturated carbocycles. The highest BCUT2D eigenvalue weighted by atomic mass is 19.1. The van der Waals surface area contributed by atoms with Gasteiger partial charge >= 0.3 is 0 Å². The first-order valence-corrected chi connectivity index (χ1v) is 5.52. The van der Waals surface area contributed by atoms with E-state index < -0.39 is 0 Å². The normalized spacial score (nSPS) is 12.1. The Morgan fingerprint density at radius 3 is 2.47 bits per heavy atom. The van der Waals surface area contributed by atoms with E-state index in [9.17, 15) is 9.18 Å². The van der Waals surface area contributed by atoms with Crippen LogP contribution >= 0.6 is 0 Å². The Morgan fingerprint density at radius 2 is 1.82 bits per heavy atom. The predicted molar refractivity (Wildman–Crippen MR) is 65.7 cm³/mol. The molecule has 86 valence electrons. The van der Waals surface area contributed by atoms with Gasteiger partial charge in [-0.1, -0.05) is 37.3 Å². The average Bonchev–Trinajstić information content (AvgIpc) is 2.39. The van der Waals surface area contributed by atoms with Gasteiger partial charge in [0.1, 0.15) is 12.1 Å². The maximum Gasteiger partial charge on any atom is 0.150 e. The minimum Gasteiger partial charge on any atom is -0.298 e. The molecular formula is C15H13FO. The van der Waals surface area contributed by atoms with Crippen LogP contribution in [0, 0.1) is 5.82 Å². The highest BCUT2D eigenvalue weighted by Crippen LogP contribution is 2.26. The van der Waals surface area contributed by atoms with Crippen molar-refractivity contribution in [1.82, 2.24) is 0 Å². The second kappa shape index (κ2) is 4.91. The fraction of sp³-hybridized carbons (Fsp3) is 0.133. The Balaban J connectivity index is 2.46. The van der Waals surface area contributed by atoms with Gasteiger partial charge in [-0.2, -0.15) is 0 Å². The summed E-state index contributed by atoms with van der Waals surface area (Å²) in [5.74, 6) is -0.305. The van der Waals surface area contributed by atoms with E-state index in [0.717, 1.165) is 17.4 Å². The van der Waals surface area contributed by atoms with Crippen LogP contribution < -0.4 is 0 Å². The summed E-state index contributed by atoms with van der Waals surface area (Å²) >= 11 is 0. The van der Waals surface area contributed by atoms with E-state index in [1.54, 1.807) is 0 Å². The number of carbonyl (C=O) groups excluding carboxylic acids is 1. The van der Waals surface area contributed by atoms with Crippen molar-refractivity contribution in [3.8, 4) is 0 Å². The van der Waals surface area contributed by atoms with Gasteiger partial charge < -0.3 is 0 Å². The van der Waals surface area contributed by atoms with E-state index in [0.29, 0.717) is 5.56 Å². The molecule has 0 saturated heterocycles. The van der Waals surface area contributed by atoms with Crippen LogP contribution in [-0.2, 0) is 0 Å². The number of halogens is 1. The van der Waals surface area contributed by atoms with Crippen molar-refractivity contribution in [2.75, 3.05) is 0 Å². The molecular weight excluding hydrogens is 215 g/mol. The first-order chi connectivity index (χ1) is 8.22. The molecule has 0 aliphatic carbocycles. The Hall–Kier alpha value is -1.96. The van der Waals surface area contributed by atoms with E-state index >= 15 is 0 Å². The van der Waals surface area contributed by atoms with Crippen molar-refractivity contribution < 1.29 is 9.18 Å². The second-order valence-corrected chi connectivity index (χ2v) is 4.02. The lowest BCUT2D eigenvalue weighted by molar-refractivity contribution is 0.112. The molecule has 1 nitrogen and oxygen atoms in total. The van der Waals surface area contributed by atoms with Crippen molar-refractivity contribution in [3.63, 3.8) is 0 Å². The monoisotopic (exact) mass is 228 g/mol. The predicted octanol–water partition coefficient (Wildman–Crippen LogP) is 3.79. The van der Waals surface area contributed by atoms with Gasteiger partial charge in [-0.25, -0.2) is 4.39 Å². The lowest BCUT2D eigenvalue weighted by atomic mass is 9.90. The van der Waals surface area contributed by atoms with Crippen molar-refractivity contribution in [2.24, 2.45) is 0 Å². The molecule has 2 rings (SSSR count). The molecule has 0 amide bonds. The van der Waals surface area contributed by atoms with E-state index in [1.807, 2.05) is 37.3 Å². The summed E-state index contributed by atoms with van der Waals surface area (Å²) in [6.07, 6.45) is 0.772. The molecule has 1 unspecified atom stereocenters. The van der Waals surface area contributed by atoms with Crippen LogP contribution in [0.25, 0.3) is 0 Å². The Bertz CT molecular complexity index is 520. The number of hydrogen-bond donors (Lipinski definition) is 0. The summed E-state index contributed by atoms with van der Waals surface area (Å²) in [5.41, 5.74) is 2.34. The zero-order chi connectivity index (χ0) is 12.3. The maximum absolute atomic E-state index is 13.2. The lowest BCUT2D eigenvalue weighted by Crippen LogP contribution is -2.01. The fourth-order valence-electron chi connectivity index (χ4n) is 1.95. The molecule has 0 N–H and O–H groups in total. The minimum absolute atomic E-state index is 0.00657. The molecule has 0 radical (unpaired) electrons. The smallest absolute Gasteiger partial charge is 0.150 e. The van der Waals surface area contributed by atoms with Gasteiger partial charge in [0.25, 0.3) is 0 Å². The van der Waals surface area contributed by atoms with Gasteiger partial charge in [-0.3, -0.25) is 4.79 Å². The molecule has 0 aliphatic rings. The number of benzene rings is 2. The fourth-order valence-corrected chi connectivity index (χ4v) is 1.95. The Kier molecular flexibility index (Phi) is 3.33. The van der Waals surface area contributed by atoms with Crippen molar-refractivity contribution >= 4 is 6.29 Å². The van der Waals surface area contributed by atoms with Gasteiger partial charge in [0.05, 0.1) is 0 Å². The van der Waals surface area contributed by atoms with Crippen LogP contribution in [0.15, 0.2) is 48.5 Å². The van der Waals surface area contributed by atoms with E-state index in [1.165, 1.54) is 18.2 Å². The van der Waals surface area contributed by atoms with Gasteiger partial charge in [0.15, 0.2) is 0 Å². The third-order valence-corrected chi connectivity index (χ3v) is 2.94. The van der Waals surface area contributed by atoms with Crippen LogP contribution in [0.5, 0.6) is 0 Å². The molecule has 2 aromatic rings. The quantitative estimate of drug-likeness (QED) is 0.730. The number of carbonyl (C=O) groups is 1. The van der Waals surface area contributed by atoms with Gasteiger partial charge in [0.2, 0.25) is 0 Å². The standard InChI is InChI=1S/C15H13FO/c1-11(12-5-3-2-4-6-12)15-9-14(16)8-7-13(15)10-17/h2-11H,1H3. The zero-order valence-corrected chi connectivity index (χ0v) is 9.56. The SMILES string of the molecule is CC(c1ccccc1)c1cc(F)ccc1C=O. The van der Waals surface area contributed by atoms with E-state index in [4.69, 9.17) is 0 Å². The molecule has 17 heavy (non-hydrogen) atoms.